The van der Waals surface area contributed by atoms with E-state index in [1.807, 2.05) is 24.3 Å². The van der Waals surface area contributed by atoms with Gasteiger partial charge in [-0.05, 0) is 30.5 Å². The number of aliphatic carboxylic acids is 1. The quantitative estimate of drug-likeness (QED) is 0.913. The second-order valence-electron chi connectivity index (χ2n) is 4.23. The van der Waals surface area contributed by atoms with Crippen LogP contribution in [0.1, 0.15) is 6.92 Å². The molecule has 2 N–H and O–H groups in total. The highest BCUT2D eigenvalue weighted by Crippen LogP contribution is 2.22. The number of hydrogen-bond acceptors (Lipinski definition) is 2. The number of aromatic nitrogens is 1. The highest BCUT2D eigenvalue weighted by molar-refractivity contribution is 9.10. The molecule has 4 nitrogen and oxygen atoms in total. The Morgan fingerprint density at radius 1 is 1.47 bits per heavy atom. The average molecular weight is 298 g/mol. The second kappa shape index (κ2) is 4.16. The molecule has 0 radical (unpaired) electrons. The van der Waals surface area contributed by atoms with Gasteiger partial charge in [0.25, 0.3) is 0 Å². The monoisotopic (exact) mass is 297 g/mol. The molecule has 0 saturated carbocycles. The Morgan fingerprint density at radius 3 is 2.82 bits per heavy atom. The number of hydrogen-bond donors (Lipinski definition) is 2. The first-order valence-electron chi connectivity index (χ1n) is 5.10. The molecule has 5 heteroatoms. The van der Waals surface area contributed by atoms with Crippen LogP contribution in [0.15, 0.2) is 34.9 Å². The van der Waals surface area contributed by atoms with Gasteiger partial charge in [-0.3, -0.25) is 0 Å². The van der Waals surface area contributed by atoms with Crippen LogP contribution in [0.25, 0.3) is 10.9 Å². The molecule has 0 aliphatic carbocycles. The Morgan fingerprint density at radius 2 is 2.18 bits per heavy atom. The van der Waals surface area contributed by atoms with E-state index in [0.29, 0.717) is 0 Å². The minimum atomic E-state index is -1.77. The molecule has 1 aromatic heterocycles. The second-order valence-corrected chi connectivity index (χ2v) is 5.14. The topological polar surface area (TPSA) is 62.5 Å². The van der Waals surface area contributed by atoms with Crippen LogP contribution >= 0.6 is 15.9 Å². The molecule has 1 heterocycles. The largest absolute Gasteiger partial charge is 0.479 e. The summed E-state index contributed by atoms with van der Waals surface area (Å²) >= 11 is 3.37. The van der Waals surface area contributed by atoms with Crippen molar-refractivity contribution in [2.75, 3.05) is 0 Å². The summed E-state index contributed by atoms with van der Waals surface area (Å²) in [6.07, 6.45) is 1.77. The molecule has 0 spiro atoms. The Labute approximate surface area is 107 Å². The molecule has 2 aromatic rings. The Hall–Kier alpha value is -1.33. The summed E-state index contributed by atoms with van der Waals surface area (Å²) in [5.74, 6) is -1.23. The lowest BCUT2D eigenvalue weighted by Crippen LogP contribution is -2.39. The Balaban J connectivity index is 2.43. The molecule has 0 aliphatic rings. The third kappa shape index (κ3) is 2.35. The van der Waals surface area contributed by atoms with Crippen LogP contribution in [0.4, 0.5) is 0 Å². The molecular weight excluding hydrogens is 286 g/mol. The molecule has 0 fully saturated rings. The lowest BCUT2D eigenvalue weighted by molar-refractivity contribution is -0.157. The highest BCUT2D eigenvalue weighted by Gasteiger charge is 2.30. The van der Waals surface area contributed by atoms with E-state index in [1.165, 1.54) is 6.92 Å². The number of halogens is 1. The van der Waals surface area contributed by atoms with Gasteiger partial charge in [-0.2, -0.15) is 0 Å². The number of carboxylic acids is 1. The van der Waals surface area contributed by atoms with E-state index in [0.717, 1.165) is 15.4 Å². The number of nitrogens with zero attached hydrogens (tertiary/aromatic N) is 1. The molecular formula is C12H12BrNO3. The average Bonchev–Trinajstić information content (AvgIpc) is 2.60. The lowest BCUT2D eigenvalue weighted by atomic mass is 10.1. The van der Waals surface area contributed by atoms with Gasteiger partial charge in [0.2, 0.25) is 0 Å². The first-order chi connectivity index (χ1) is 7.90. The first-order valence-corrected chi connectivity index (χ1v) is 5.89. The normalized spacial score (nSPS) is 14.8. The molecule has 17 heavy (non-hydrogen) atoms. The van der Waals surface area contributed by atoms with Gasteiger partial charge in [0.1, 0.15) is 0 Å². The van der Waals surface area contributed by atoms with Gasteiger partial charge in [-0.1, -0.05) is 22.0 Å². The van der Waals surface area contributed by atoms with E-state index < -0.39 is 11.6 Å². The van der Waals surface area contributed by atoms with Crippen molar-refractivity contribution >= 4 is 32.8 Å². The zero-order chi connectivity index (χ0) is 12.6. The van der Waals surface area contributed by atoms with Crippen LogP contribution < -0.4 is 0 Å². The van der Waals surface area contributed by atoms with Crippen molar-refractivity contribution in [1.29, 1.82) is 0 Å². The van der Waals surface area contributed by atoms with Crippen molar-refractivity contribution in [3.63, 3.8) is 0 Å². The number of aliphatic hydroxyl groups is 1. The van der Waals surface area contributed by atoms with Gasteiger partial charge in [-0.15, -0.1) is 0 Å². The maximum Gasteiger partial charge on any atom is 0.337 e. The highest BCUT2D eigenvalue weighted by atomic mass is 79.9. The smallest absolute Gasteiger partial charge is 0.337 e. The SMILES string of the molecule is CC(O)(Cn1ccc2ccc(Br)cc21)C(=O)O. The van der Waals surface area contributed by atoms with Gasteiger partial charge in [0.05, 0.1) is 6.54 Å². The minimum Gasteiger partial charge on any atom is -0.479 e. The van der Waals surface area contributed by atoms with E-state index in [2.05, 4.69) is 15.9 Å². The maximum absolute atomic E-state index is 10.9. The Bertz CT molecular complexity index is 574. The number of carboxylic acid groups (broad SMARTS) is 1. The first kappa shape index (κ1) is 12.1. The number of carbonyl (C=O) groups is 1. The number of rotatable bonds is 3. The van der Waals surface area contributed by atoms with E-state index in [1.54, 1.807) is 10.8 Å². The van der Waals surface area contributed by atoms with Crippen LogP contribution in [0.5, 0.6) is 0 Å². The van der Waals surface area contributed by atoms with E-state index in [4.69, 9.17) is 5.11 Å². The zero-order valence-corrected chi connectivity index (χ0v) is 10.8. The molecule has 90 valence electrons. The van der Waals surface area contributed by atoms with Crippen LogP contribution in [0.3, 0.4) is 0 Å². The predicted octanol–water partition coefficient (Wildman–Crippen LogP) is 2.24. The van der Waals surface area contributed by atoms with Crippen molar-refractivity contribution in [2.45, 2.75) is 19.1 Å². The van der Waals surface area contributed by atoms with Crippen molar-refractivity contribution in [3.05, 3.63) is 34.9 Å². The molecule has 1 atom stereocenters. The standard InChI is InChI=1S/C12H12BrNO3/c1-12(17,11(15)16)7-14-5-4-8-2-3-9(13)6-10(8)14/h2-6,17H,7H2,1H3,(H,15,16). The van der Waals surface area contributed by atoms with Crippen LogP contribution in [0, 0.1) is 0 Å². The molecule has 0 aliphatic heterocycles. The van der Waals surface area contributed by atoms with Crippen molar-refractivity contribution < 1.29 is 15.0 Å². The summed E-state index contributed by atoms with van der Waals surface area (Å²) in [5, 5.41) is 19.7. The summed E-state index contributed by atoms with van der Waals surface area (Å²) in [5.41, 5.74) is -0.880. The summed E-state index contributed by atoms with van der Waals surface area (Å²) < 4.78 is 2.65. The molecule has 1 unspecified atom stereocenters. The number of benzene rings is 1. The van der Waals surface area contributed by atoms with Gasteiger partial charge in [0.15, 0.2) is 5.60 Å². The molecule has 0 amide bonds. The van der Waals surface area contributed by atoms with Crippen LogP contribution in [0.2, 0.25) is 0 Å². The summed E-state index contributed by atoms with van der Waals surface area (Å²) in [4.78, 5) is 10.9. The third-order valence-electron chi connectivity index (χ3n) is 2.67. The van der Waals surface area contributed by atoms with Crippen molar-refractivity contribution in [1.82, 2.24) is 4.57 Å². The summed E-state index contributed by atoms with van der Waals surface area (Å²) in [7, 11) is 0. The lowest BCUT2D eigenvalue weighted by Gasteiger charge is -2.19. The van der Waals surface area contributed by atoms with E-state index in [9.17, 15) is 9.90 Å². The fraction of sp³-hybridized carbons (Fsp3) is 0.250. The van der Waals surface area contributed by atoms with Crippen molar-refractivity contribution in [3.8, 4) is 0 Å². The van der Waals surface area contributed by atoms with Crippen LogP contribution in [-0.4, -0.2) is 26.4 Å². The zero-order valence-electron chi connectivity index (χ0n) is 9.22. The van der Waals surface area contributed by atoms with E-state index >= 15 is 0 Å². The summed E-state index contributed by atoms with van der Waals surface area (Å²) in [6, 6.07) is 7.64. The number of fused-ring (bicyclic) bond motifs is 1. The fourth-order valence-corrected chi connectivity index (χ4v) is 2.04. The minimum absolute atomic E-state index is 0.0162. The van der Waals surface area contributed by atoms with Gasteiger partial charge >= 0.3 is 5.97 Å². The van der Waals surface area contributed by atoms with Crippen LogP contribution in [-0.2, 0) is 11.3 Å². The van der Waals surface area contributed by atoms with Gasteiger partial charge < -0.3 is 14.8 Å². The van der Waals surface area contributed by atoms with Crippen molar-refractivity contribution in [2.24, 2.45) is 0 Å². The molecule has 1 aromatic carbocycles. The third-order valence-corrected chi connectivity index (χ3v) is 3.17. The fourth-order valence-electron chi connectivity index (χ4n) is 1.69. The Kier molecular flexibility index (Phi) is 2.97. The van der Waals surface area contributed by atoms with Gasteiger partial charge in [0, 0.05) is 16.2 Å². The predicted molar refractivity (Wildman–Crippen MR) is 67.9 cm³/mol. The molecule has 2 rings (SSSR count). The molecule has 0 bridgehead atoms. The van der Waals surface area contributed by atoms with E-state index in [-0.39, 0.29) is 6.54 Å². The summed E-state index contributed by atoms with van der Waals surface area (Å²) in [6.45, 7) is 1.31. The maximum atomic E-state index is 10.9. The molecule has 0 saturated heterocycles. The van der Waals surface area contributed by atoms with Gasteiger partial charge in [-0.25, -0.2) is 4.79 Å².